The second-order valence-corrected chi connectivity index (χ2v) is 4.49. The van der Waals surface area contributed by atoms with Crippen molar-refractivity contribution in [2.45, 2.75) is 6.92 Å². The highest BCUT2D eigenvalue weighted by molar-refractivity contribution is 6.42. The molecule has 0 unspecified atom stereocenters. The second-order valence-electron chi connectivity index (χ2n) is 3.68. The van der Waals surface area contributed by atoms with Crippen LogP contribution in [-0.4, -0.2) is 10.8 Å². The summed E-state index contributed by atoms with van der Waals surface area (Å²) in [6.07, 6.45) is 1.61. The monoisotopic (exact) mass is 265 g/mol. The van der Waals surface area contributed by atoms with E-state index < -0.39 is 0 Å². The van der Waals surface area contributed by atoms with Crippen molar-refractivity contribution in [3.05, 3.63) is 63.4 Å². The maximum Gasteiger partial charge on any atom is 0.211 e. The molecule has 1 heterocycles. The second kappa shape index (κ2) is 4.86. The van der Waals surface area contributed by atoms with E-state index in [-0.39, 0.29) is 5.78 Å². The molecular formula is C13H9Cl2NO. The number of aromatic nitrogens is 1. The minimum atomic E-state index is -0.160. The van der Waals surface area contributed by atoms with E-state index in [0.29, 0.717) is 21.3 Å². The molecule has 0 spiro atoms. The normalized spacial score (nSPS) is 10.3. The van der Waals surface area contributed by atoms with Crippen LogP contribution in [0, 0.1) is 6.92 Å². The fraction of sp³-hybridized carbons (Fsp3) is 0.0769. The topological polar surface area (TPSA) is 30.0 Å². The van der Waals surface area contributed by atoms with Crippen molar-refractivity contribution in [1.82, 2.24) is 4.98 Å². The zero-order valence-electron chi connectivity index (χ0n) is 9.08. The molecule has 0 aliphatic rings. The third-order valence-corrected chi connectivity index (χ3v) is 3.07. The number of pyridine rings is 1. The lowest BCUT2D eigenvalue weighted by atomic mass is 10.1. The van der Waals surface area contributed by atoms with Crippen molar-refractivity contribution >= 4 is 29.0 Å². The van der Waals surface area contributed by atoms with Crippen molar-refractivity contribution in [1.29, 1.82) is 0 Å². The summed E-state index contributed by atoms with van der Waals surface area (Å²) in [5.41, 5.74) is 1.88. The van der Waals surface area contributed by atoms with Gasteiger partial charge < -0.3 is 0 Å². The number of hydrogen-bond acceptors (Lipinski definition) is 2. The summed E-state index contributed by atoms with van der Waals surface area (Å²) >= 11 is 11.7. The van der Waals surface area contributed by atoms with E-state index >= 15 is 0 Å². The lowest BCUT2D eigenvalue weighted by molar-refractivity contribution is 0.103. The molecule has 0 fully saturated rings. The van der Waals surface area contributed by atoms with Gasteiger partial charge in [-0.25, -0.2) is 0 Å². The van der Waals surface area contributed by atoms with Gasteiger partial charge in [-0.05, 0) is 42.8 Å². The average Bonchev–Trinajstić information content (AvgIpc) is 2.32. The summed E-state index contributed by atoms with van der Waals surface area (Å²) < 4.78 is 0. The van der Waals surface area contributed by atoms with Gasteiger partial charge in [0.15, 0.2) is 0 Å². The molecule has 0 aliphatic heterocycles. The molecule has 0 saturated heterocycles. The molecule has 0 radical (unpaired) electrons. The van der Waals surface area contributed by atoms with Gasteiger partial charge in [0.25, 0.3) is 0 Å². The molecule has 2 nitrogen and oxygen atoms in total. The smallest absolute Gasteiger partial charge is 0.211 e. The number of benzene rings is 1. The molecule has 1 aromatic carbocycles. The van der Waals surface area contributed by atoms with Crippen LogP contribution in [0.15, 0.2) is 36.5 Å². The Kier molecular flexibility index (Phi) is 3.46. The highest BCUT2D eigenvalue weighted by atomic mass is 35.5. The Balaban J connectivity index is 2.40. The van der Waals surface area contributed by atoms with Crippen LogP contribution in [0.3, 0.4) is 0 Å². The van der Waals surface area contributed by atoms with Crippen LogP contribution in [0.25, 0.3) is 0 Å². The first kappa shape index (κ1) is 12.1. The van der Waals surface area contributed by atoms with Crippen LogP contribution in [0.2, 0.25) is 10.0 Å². The van der Waals surface area contributed by atoms with Gasteiger partial charge in [0.05, 0.1) is 10.0 Å². The summed E-state index contributed by atoms with van der Waals surface area (Å²) in [6, 6.07) is 8.38. The Morgan fingerprint density at radius 3 is 2.53 bits per heavy atom. The number of ketones is 1. The zero-order chi connectivity index (χ0) is 12.4. The molecular weight excluding hydrogens is 257 g/mol. The van der Waals surface area contributed by atoms with Crippen molar-refractivity contribution in [3.8, 4) is 0 Å². The summed E-state index contributed by atoms with van der Waals surface area (Å²) in [5.74, 6) is -0.160. The van der Waals surface area contributed by atoms with Gasteiger partial charge in [-0.15, -0.1) is 0 Å². The van der Waals surface area contributed by atoms with Gasteiger partial charge >= 0.3 is 0 Å². The standard InChI is InChI=1S/C13H9Cl2NO/c1-8-4-5-16-12(6-8)13(17)9-2-3-10(14)11(15)7-9/h2-7H,1H3. The number of halogens is 2. The summed E-state index contributed by atoms with van der Waals surface area (Å²) in [7, 11) is 0. The lowest BCUT2D eigenvalue weighted by Crippen LogP contribution is -2.04. The molecule has 86 valence electrons. The number of nitrogens with zero attached hydrogens (tertiary/aromatic N) is 1. The molecule has 0 amide bonds. The van der Waals surface area contributed by atoms with Crippen LogP contribution >= 0.6 is 23.2 Å². The molecule has 0 bridgehead atoms. The van der Waals surface area contributed by atoms with Crippen LogP contribution in [0.1, 0.15) is 21.6 Å². The van der Waals surface area contributed by atoms with Gasteiger partial charge in [-0.3, -0.25) is 9.78 Å². The van der Waals surface area contributed by atoms with Crippen LogP contribution < -0.4 is 0 Å². The van der Waals surface area contributed by atoms with E-state index in [4.69, 9.17) is 23.2 Å². The van der Waals surface area contributed by atoms with E-state index in [0.717, 1.165) is 5.56 Å². The molecule has 17 heavy (non-hydrogen) atoms. The molecule has 2 aromatic rings. The van der Waals surface area contributed by atoms with Gasteiger partial charge in [0, 0.05) is 11.8 Å². The number of hydrogen-bond donors (Lipinski definition) is 0. The maximum atomic E-state index is 12.1. The first-order valence-corrected chi connectivity index (χ1v) is 5.76. The molecule has 1 aromatic heterocycles. The third-order valence-electron chi connectivity index (χ3n) is 2.33. The number of aryl methyl sites for hydroxylation is 1. The molecule has 0 aliphatic carbocycles. The van der Waals surface area contributed by atoms with Gasteiger partial charge in [-0.1, -0.05) is 23.2 Å². The Bertz CT molecular complexity index is 581. The molecule has 0 N–H and O–H groups in total. The minimum Gasteiger partial charge on any atom is -0.287 e. The van der Waals surface area contributed by atoms with Crippen molar-refractivity contribution in [2.75, 3.05) is 0 Å². The van der Waals surface area contributed by atoms with Crippen LogP contribution in [-0.2, 0) is 0 Å². The van der Waals surface area contributed by atoms with Crippen LogP contribution in [0.5, 0.6) is 0 Å². The van der Waals surface area contributed by atoms with Gasteiger partial charge in [0.1, 0.15) is 5.69 Å². The SMILES string of the molecule is Cc1ccnc(C(=O)c2ccc(Cl)c(Cl)c2)c1. The number of rotatable bonds is 2. The van der Waals surface area contributed by atoms with Crippen molar-refractivity contribution < 1.29 is 4.79 Å². The summed E-state index contributed by atoms with van der Waals surface area (Å²) in [5, 5.41) is 0.797. The summed E-state index contributed by atoms with van der Waals surface area (Å²) in [4.78, 5) is 16.1. The fourth-order valence-corrected chi connectivity index (χ4v) is 1.74. The van der Waals surface area contributed by atoms with E-state index in [1.165, 1.54) is 0 Å². The van der Waals surface area contributed by atoms with Gasteiger partial charge in [-0.2, -0.15) is 0 Å². The van der Waals surface area contributed by atoms with E-state index in [1.807, 2.05) is 13.0 Å². The molecule has 0 saturated carbocycles. The predicted molar refractivity (Wildman–Crippen MR) is 68.9 cm³/mol. The van der Waals surface area contributed by atoms with Crippen LogP contribution in [0.4, 0.5) is 0 Å². The third kappa shape index (κ3) is 2.65. The van der Waals surface area contributed by atoms with E-state index in [1.54, 1.807) is 30.5 Å². The maximum absolute atomic E-state index is 12.1. The van der Waals surface area contributed by atoms with Gasteiger partial charge in [0.2, 0.25) is 5.78 Å². The Morgan fingerprint density at radius 1 is 1.12 bits per heavy atom. The molecule has 2 rings (SSSR count). The predicted octanol–water partition coefficient (Wildman–Crippen LogP) is 3.93. The largest absolute Gasteiger partial charge is 0.287 e. The Hall–Kier alpha value is -1.38. The fourth-order valence-electron chi connectivity index (χ4n) is 1.45. The van der Waals surface area contributed by atoms with Crippen molar-refractivity contribution in [3.63, 3.8) is 0 Å². The average molecular weight is 266 g/mol. The van der Waals surface area contributed by atoms with Crippen molar-refractivity contribution in [2.24, 2.45) is 0 Å². The van der Waals surface area contributed by atoms with E-state index in [2.05, 4.69) is 4.98 Å². The zero-order valence-corrected chi connectivity index (χ0v) is 10.6. The number of carbonyl (C=O) groups excluding carboxylic acids is 1. The summed E-state index contributed by atoms with van der Waals surface area (Å²) in [6.45, 7) is 1.91. The van der Waals surface area contributed by atoms with E-state index in [9.17, 15) is 4.79 Å². The minimum absolute atomic E-state index is 0.160. The number of carbonyl (C=O) groups is 1. The highest BCUT2D eigenvalue weighted by Gasteiger charge is 2.11. The lowest BCUT2D eigenvalue weighted by Gasteiger charge is -2.03. The first-order valence-electron chi connectivity index (χ1n) is 5.00. The first-order chi connectivity index (χ1) is 8.08. The Labute approximate surface area is 109 Å². The highest BCUT2D eigenvalue weighted by Crippen LogP contribution is 2.23. The quantitative estimate of drug-likeness (QED) is 0.771. The molecule has 0 atom stereocenters. The molecule has 4 heteroatoms. The Morgan fingerprint density at radius 2 is 1.88 bits per heavy atom.